The minimum Gasteiger partial charge on any atom is -0.468 e. The number of piperidine rings is 1. The molecule has 2 amide bonds. The lowest BCUT2D eigenvalue weighted by atomic mass is 9.96. The number of alkyl halides is 3. The van der Waals surface area contributed by atoms with Crippen LogP contribution in [0.5, 0.6) is 0 Å². The van der Waals surface area contributed by atoms with Crippen LogP contribution in [0.15, 0.2) is 24.3 Å². The van der Waals surface area contributed by atoms with Gasteiger partial charge in [-0.25, -0.2) is 0 Å². The number of carbonyl (C=O) groups is 3. The minimum absolute atomic E-state index is 0.00546. The molecule has 32 heavy (non-hydrogen) atoms. The molecule has 0 unspecified atom stereocenters. The number of piperazine rings is 1. The average Bonchev–Trinajstić information content (AvgIpc) is 2.79. The Labute approximate surface area is 184 Å². The van der Waals surface area contributed by atoms with Crippen LogP contribution in [0.3, 0.4) is 0 Å². The molecular weight excluding hydrogens is 429 g/mol. The van der Waals surface area contributed by atoms with Crippen molar-refractivity contribution in [2.75, 3.05) is 63.1 Å². The van der Waals surface area contributed by atoms with Gasteiger partial charge in [0.1, 0.15) is 0 Å². The van der Waals surface area contributed by atoms with Gasteiger partial charge in [0, 0.05) is 43.5 Å². The molecule has 0 aliphatic carbocycles. The van der Waals surface area contributed by atoms with Gasteiger partial charge in [-0.15, -0.1) is 0 Å². The summed E-state index contributed by atoms with van der Waals surface area (Å²) < 4.78 is 42.3. The van der Waals surface area contributed by atoms with Crippen molar-refractivity contribution in [1.82, 2.24) is 9.80 Å². The summed E-state index contributed by atoms with van der Waals surface area (Å²) in [6.07, 6.45) is -3.54. The Morgan fingerprint density at radius 2 is 1.59 bits per heavy atom. The van der Waals surface area contributed by atoms with E-state index < -0.39 is 12.1 Å². The highest BCUT2D eigenvalue weighted by molar-refractivity contribution is 5.92. The quantitative estimate of drug-likeness (QED) is 0.680. The number of rotatable bonds is 5. The molecule has 0 bridgehead atoms. The van der Waals surface area contributed by atoms with Crippen molar-refractivity contribution in [3.8, 4) is 0 Å². The van der Waals surface area contributed by atoms with E-state index in [1.54, 1.807) is 24.3 Å². The van der Waals surface area contributed by atoms with Crippen LogP contribution in [0.2, 0.25) is 0 Å². The third-order valence-electron chi connectivity index (χ3n) is 5.85. The van der Waals surface area contributed by atoms with Gasteiger partial charge in [-0.2, -0.15) is 13.2 Å². The summed E-state index contributed by atoms with van der Waals surface area (Å²) in [5.41, 5.74) is 1.46. The van der Waals surface area contributed by atoms with E-state index in [1.165, 1.54) is 7.11 Å². The molecule has 0 spiro atoms. The second-order valence-electron chi connectivity index (χ2n) is 7.94. The first-order valence-corrected chi connectivity index (χ1v) is 10.5. The zero-order valence-electron chi connectivity index (χ0n) is 17.9. The van der Waals surface area contributed by atoms with Gasteiger partial charge in [-0.3, -0.25) is 19.3 Å². The number of ether oxygens (including phenoxy) is 1. The fraction of sp³-hybridized carbons (Fsp3) is 0.571. The predicted molar refractivity (Wildman–Crippen MR) is 111 cm³/mol. The van der Waals surface area contributed by atoms with E-state index in [9.17, 15) is 27.6 Å². The van der Waals surface area contributed by atoms with Crippen molar-refractivity contribution >= 4 is 29.2 Å². The number of amides is 2. The molecule has 11 heteroatoms. The first-order valence-electron chi connectivity index (χ1n) is 10.5. The maximum Gasteiger partial charge on any atom is 0.471 e. The third kappa shape index (κ3) is 6.12. The number of halogens is 3. The SMILES string of the molecule is COC(=O)CN1CCC(C(=O)Nc2ccc(N3CCN(C(=O)C(F)(F)F)CC3)cc2)CC1. The summed E-state index contributed by atoms with van der Waals surface area (Å²) in [4.78, 5) is 39.9. The third-order valence-corrected chi connectivity index (χ3v) is 5.85. The maximum atomic E-state index is 12.6. The van der Waals surface area contributed by atoms with Gasteiger partial charge in [-0.05, 0) is 50.2 Å². The molecule has 2 heterocycles. The fourth-order valence-corrected chi connectivity index (χ4v) is 3.95. The first kappa shape index (κ1) is 23.8. The average molecular weight is 456 g/mol. The van der Waals surface area contributed by atoms with Crippen LogP contribution in [0.4, 0.5) is 24.5 Å². The summed E-state index contributed by atoms with van der Waals surface area (Å²) in [5, 5.41) is 2.90. The Kier molecular flexibility index (Phi) is 7.60. The summed E-state index contributed by atoms with van der Waals surface area (Å²) in [7, 11) is 1.35. The molecule has 0 aromatic heterocycles. The van der Waals surface area contributed by atoms with Gasteiger partial charge in [0.05, 0.1) is 13.7 Å². The Bertz CT molecular complexity index is 815. The highest BCUT2D eigenvalue weighted by Gasteiger charge is 2.43. The van der Waals surface area contributed by atoms with Crippen molar-refractivity contribution in [3.05, 3.63) is 24.3 Å². The molecule has 1 aromatic rings. The van der Waals surface area contributed by atoms with Crippen LogP contribution >= 0.6 is 0 Å². The molecule has 2 aliphatic rings. The van der Waals surface area contributed by atoms with Gasteiger partial charge in [0.2, 0.25) is 5.91 Å². The largest absolute Gasteiger partial charge is 0.471 e. The van der Waals surface area contributed by atoms with Crippen LogP contribution in [0.25, 0.3) is 0 Å². The van der Waals surface area contributed by atoms with Crippen LogP contribution in [-0.2, 0) is 19.1 Å². The summed E-state index contributed by atoms with van der Waals surface area (Å²) in [5.74, 6) is -2.30. The first-order chi connectivity index (χ1) is 15.2. The number of methoxy groups -OCH3 is 1. The van der Waals surface area contributed by atoms with E-state index >= 15 is 0 Å². The van der Waals surface area contributed by atoms with E-state index in [2.05, 4.69) is 10.1 Å². The van der Waals surface area contributed by atoms with E-state index in [-0.39, 0.29) is 37.4 Å². The molecule has 2 fully saturated rings. The molecule has 0 radical (unpaired) electrons. The monoisotopic (exact) mass is 456 g/mol. The summed E-state index contributed by atoms with van der Waals surface area (Å²) in [6.45, 7) is 2.14. The van der Waals surface area contributed by atoms with Crippen molar-refractivity contribution in [2.24, 2.45) is 5.92 Å². The van der Waals surface area contributed by atoms with E-state index in [0.29, 0.717) is 44.7 Å². The fourth-order valence-electron chi connectivity index (χ4n) is 3.95. The number of esters is 1. The normalized spacial score (nSPS) is 18.4. The second kappa shape index (κ2) is 10.2. The van der Waals surface area contributed by atoms with Crippen LogP contribution in [0.1, 0.15) is 12.8 Å². The molecule has 176 valence electrons. The number of hydrogen-bond acceptors (Lipinski definition) is 6. The molecular formula is C21H27F3N4O4. The summed E-state index contributed by atoms with van der Waals surface area (Å²) in [6, 6.07) is 7.12. The number of carbonyl (C=O) groups excluding carboxylic acids is 3. The van der Waals surface area contributed by atoms with Crippen molar-refractivity contribution in [1.29, 1.82) is 0 Å². The molecule has 1 N–H and O–H groups in total. The van der Waals surface area contributed by atoms with E-state index in [4.69, 9.17) is 0 Å². The highest BCUT2D eigenvalue weighted by Crippen LogP contribution is 2.24. The minimum atomic E-state index is -4.85. The zero-order valence-corrected chi connectivity index (χ0v) is 17.9. The van der Waals surface area contributed by atoms with Crippen molar-refractivity contribution in [2.45, 2.75) is 19.0 Å². The topological polar surface area (TPSA) is 82.2 Å². The number of likely N-dealkylation sites (tertiary alicyclic amines) is 1. The lowest BCUT2D eigenvalue weighted by Crippen LogP contribution is -2.52. The van der Waals surface area contributed by atoms with Gasteiger partial charge in [0.15, 0.2) is 0 Å². The van der Waals surface area contributed by atoms with Crippen molar-refractivity contribution in [3.63, 3.8) is 0 Å². The standard InChI is InChI=1S/C21H27F3N4O4/c1-32-18(29)14-26-8-6-15(7-9-26)19(30)25-16-2-4-17(5-3-16)27-10-12-28(13-11-27)20(31)21(22,23)24/h2-5,15H,6-14H2,1H3,(H,25,30). The van der Waals surface area contributed by atoms with Crippen molar-refractivity contribution < 1.29 is 32.3 Å². The molecule has 0 atom stereocenters. The number of benzene rings is 1. The predicted octanol–water partition coefficient (Wildman–Crippen LogP) is 1.72. The number of nitrogens with one attached hydrogen (secondary N) is 1. The molecule has 3 rings (SSSR count). The van der Waals surface area contributed by atoms with Gasteiger partial charge in [-0.1, -0.05) is 0 Å². The highest BCUT2D eigenvalue weighted by atomic mass is 19.4. The number of nitrogens with zero attached hydrogens (tertiary/aromatic N) is 3. The number of anilines is 2. The Hall–Kier alpha value is -2.82. The summed E-state index contributed by atoms with van der Waals surface area (Å²) >= 11 is 0. The van der Waals surface area contributed by atoms with E-state index in [0.717, 1.165) is 10.6 Å². The Morgan fingerprint density at radius 3 is 2.12 bits per heavy atom. The smallest absolute Gasteiger partial charge is 0.468 e. The molecule has 2 saturated heterocycles. The lowest BCUT2D eigenvalue weighted by Gasteiger charge is -2.36. The molecule has 0 saturated carbocycles. The van der Waals surface area contributed by atoms with E-state index in [1.807, 2.05) is 9.80 Å². The molecule has 8 nitrogen and oxygen atoms in total. The van der Waals surface area contributed by atoms with Gasteiger partial charge >= 0.3 is 18.1 Å². The maximum absolute atomic E-state index is 12.6. The Morgan fingerprint density at radius 1 is 1.00 bits per heavy atom. The molecule has 2 aliphatic heterocycles. The van der Waals surface area contributed by atoms with Crippen LogP contribution < -0.4 is 10.2 Å². The van der Waals surface area contributed by atoms with Gasteiger partial charge < -0.3 is 19.9 Å². The molecule has 1 aromatic carbocycles. The zero-order chi connectivity index (χ0) is 23.3. The Balaban J connectivity index is 1.46. The second-order valence-corrected chi connectivity index (χ2v) is 7.94. The van der Waals surface area contributed by atoms with Crippen LogP contribution in [0, 0.1) is 5.92 Å². The van der Waals surface area contributed by atoms with Gasteiger partial charge in [0.25, 0.3) is 0 Å². The van der Waals surface area contributed by atoms with Crippen LogP contribution in [-0.4, -0.2) is 86.7 Å². The lowest BCUT2D eigenvalue weighted by molar-refractivity contribution is -0.185. The number of hydrogen-bond donors (Lipinski definition) is 1.